The Morgan fingerprint density at radius 3 is 2.44 bits per heavy atom. The number of epoxide rings is 1. The SMILES string of the molecule is CCCCC1CCC2OC2C1.Cc1ccccc1. The van der Waals surface area contributed by atoms with Crippen molar-refractivity contribution in [2.75, 3.05) is 0 Å². The molecule has 3 rings (SSSR count). The second kappa shape index (κ2) is 6.94. The molecule has 1 aliphatic heterocycles. The van der Waals surface area contributed by atoms with E-state index in [0.29, 0.717) is 12.2 Å². The maximum absolute atomic E-state index is 5.49. The van der Waals surface area contributed by atoms with Crippen LogP contribution in [0.2, 0.25) is 0 Å². The summed E-state index contributed by atoms with van der Waals surface area (Å²) in [6.45, 7) is 4.36. The van der Waals surface area contributed by atoms with E-state index in [1.165, 1.54) is 44.1 Å². The summed E-state index contributed by atoms with van der Waals surface area (Å²) in [6.07, 6.45) is 9.74. The highest BCUT2D eigenvalue weighted by atomic mass is 16.6. The Morgan fingerprint density at radius 2 is 1.89 bits per heavy atom. The molecule has 0 aromatic heterocycles. The normalized spacial score (nSPS) is 28.9. The highest BCUT2D eigenvalue weighted by Gasteiger charge is 2.43. The molecule has 1 saturated carbocycles. The van der Waals surface area contributed by atoms with E-state index < -0.39 is 0 Å². The molecule has 1 heterocycles. The van der Waals surface area contributed by atoms with E-state index in [1.807, 2.05) is 18.2 Å². The Morgan fingerprint density at radius 1 is 1.11 bits per heavy atom. The Labute approximate surface area is 112 Å². The molecule has 0 bridgehead atoms. The third kappa shape index (κ3) is 4.45. The molecule has 3 unspecified atom stereocenters. The quantitative estimate of drug-likeness (QED) is 0.702. The molecule has 0 amide bonds. The average Bonchev–Trinajstić information content (AvgIpc) is 3.16. The summed E-state index contributed by atoms with van der Waals surface area (Å²) < 4.78 is 5.49. The standard InChI is InChI=1S/C10H18O.C7H8/c1-2-3-4-8-5-6-9-10(7-8)11-9;1-7-5-3-2-4-6-7/h8-10H,2-7H2,1H3;2-6H,1H3. The predicted molar refractivity (Wildman–Crippen MR) is 76.7 cm³/mol. The molecular weight excluding hydrogens is 220 g/mol. The molecule has 1 aromatic rings. The van der Waals surface area contributed by atoms with Gasteiger partial charge in [-0.15, -0.1) is 0 Å². The Balaban J connectivity index is 0.000000149. The van der Waals surface area contributed by atoms with Gasteiger partial charge in [0, 0.05) is 0 Å². The Kier molecular flexibility index (Phi) is 5.25. The second-order valence-electron chi connectivity index (χ2n) is 5.69. The van der Waals surface area contributed by atoms with Crippen molar-refractivity contribution >= 4 is 0 Å². The lowest BCUT2D eigenvalue weighted by Gasteiger charge is -2.17. The molecule has 2 aliphatic rings. The van der Waals surface area contributed by atoms with Crippen LogP contribution in [0.4, 0.5) is 0 Å². The summed E-state index contributed by atoms with van der Waals surface area (Å²) in [4.78, 5) is 0. The molecule has 3 atom stereocenters. The number of aryl methyl sites for hydroxylation is 1. The molecule has 1 aliphatic carbocycles. The topological polar surface area (TPSA) is 12.5 Å². The van der Waals surface area contributed by atoms with Crippen molar-refractivity contribution in [1.29, 1.82) is 0 Å². The summed E-state index contributed by atoms with van der Waals surface area (Å²) in [5, 5.41) is 0. The van der Waals surface area contributed by atoms with Gasteiger partial charge in [-0.2, -0.15) is 0 Å². The van der Waals surface area contributed by atoms with Crippen LogP contribution in [0.5, 0.6) is 0 Å². The van der Waals surface area contributed by atoms with Crippen LogP contribution in [-0.4, -0.2) is 12.2 Å². The lowest BCUT2D eigenvalue weighted by atomic mass is 9.86. The zero-order valence-corrected chi connectivity index (χ0v) is 11.8. The van der Waals surface area contributed by atoms with E-state index in [1.54, 1.807) is 0 Å². The highest BCUT2D eigenvalue weighted by Crippen LogP contribution is 2.40. The van der Waals surface area contributed by atoms with Crippen molar-refractivity contribution in [3.05, 3.63) is 35.9 Å². The van der Waals surface area contributed by atoms with Crippen LogP contribution in [-0.2, 0) is 4.74 Å². The van der Waals surface area contributed by atoms with Crippen LogP contribution >= 0.6 is 0 Å². The van der Waals surface area contributed by atoms with E-state index in [9.17, 15) is 0 Å². The van der Waals surface area contributed by atoms with Gasteiger partial charge >= 0.3 is 0 Å². The first kappa shape index (κ1) is 13.6. The first-order valence-electron chi connectivity index (χ1n) is 7.46. The molecule has 1 saturated heterocycles. The minimum Gasteiger partial charge on any atom is -0.370 e. The zero-order chi connectivity index (χ0) is 12.8. The van der Waals surface area contributed by atoms with Gasteiger partial charge in [0.15, 0.2) is 0 Å². The smallest absolute Gasteiger partial charge is 0.0844 e. The Bertz CT molecular complexity index is 333. The fourth-order valence-corrected chi connectivity index (χ4v) is 2.78. The van der Waals surface area contributed by atoms with E-state index in [-0.39, 0.29) is 0 Å². The number of unbranched alkanes of at least 4 members (excludes halogenated alkanes) is 1. The van der Waals surface area contributed by atoms with E-state index in [0.717, 1.165) is 5.92 Å². The largest absolute Gasteiger partial charge is 0.370 e. The molecule has 1 nitrogen and oxygen atoms in total. The van der Waals surface area contributed by atoms with Gasteiger partial charge in [0.25, 0.3) is 0 Å². The molecule has 1 aromatic carbocycles. The van der Waals surface area contributed by atoms with E-state index in [2.05, 4.69) is 26.0 Å². The lowest BCUT2D eigenvalue weighted by molar-refractivity contribution is 0.346. The van der Waals surface area contributed by atoms with E-state index in [4.69, 9.17) is 4.74 Å². The number of benzene rings is 1. The van der Waals surface area contributed by atoms with Crippen LogP contribution in [0.25, 0.3) is 0 Å². The average molecular weight is 246 g/mol. The first-order valence-corrected chi connectivity index (χ1v) is 7.46. The number of hydrogen-bond acceptors (Lipinski definition) is 1. The van der Waals surface area contributed by atoms with Crippen molar-refractivity contribution in [3.8, 4) is 0 Å². The molecule has 100 valence electrons. The Hall–Kier alpha value is -0.820. The summed E-state index contributed by atoms with van der Waals surface area (Å²) in [6, 6.07) is 10.3. The van der Waals surface area contributed by atoms with Crippen molar-refractivity contribution in [2.45, 2.75) is 64.6 Å². The van der Waals surface area contributed by atoms with Gasteiger partial charge in [-0.1, -0.05) is 62.1 Å². The van der Waals surface area contributed by atoms with Gasteiger partial charge in [0.1, 0.15) is 0 Å². The highest BCUT2D eigenvalue weighted by molar-refractivity contribution is 5.11. The van der Waals surface area contributed by atoms with Crippen molar-refractivity contribution in [1.82, 2.24) is 0 Å². The monoisotopic (exact) mass is 246 g/mol. The van der Waals surface area contributed by atoms with Gasteiger partial charge in [-0.05, 0) is 32.1 Å². The predicted octanol–water partition coefficient (Wildman–Crippen LogP) is 4.74. The fourth-order valence-electron chi connectivity index (χ4n) is 2.78. The van der Waals surface area contributed by atoms with Gasteiger partial charge in [-0.3, -0.25) is 0 Å². The first-order chi connectivity index (χ1) is 8.79. The number of hydrogen-bond donors (Lipinski definition) is 0. The minimum absolute atomic E-state index is 0.686. The summed E-state index contributed by atoms with van der Waals surface area (Å²) >= 11 is 0. The van der Waals surface area contributed by atoms with Crippen LogP contribution in [0.15, 0.2) is 30.3 Å². The summed E-state index contributed by atoms with van der Waals surface area (Å²) in [5.74, 6) is 0.999. The third-order valence-corrected chi connectivity index (χ3v) is 4.02. The summed E-state index contributed by atoms with van der Waals surface area (Å²) in [5.41, 5.74) is 1.32. The number of ether oxygens (including phenoxy) is 1. The van der Waals surface area contributed by atoms with Crippen LogP contribution in [0.1, 0.15) is 51.0 Å². The van der Waals surface area contributed by atoms with Gasteiger partial charge < -0.3 is 4.74 Å². The summed E-state index contributed by atoms with van der Waals surface area (Å²) in [7, 11) is 0. The van der Waals surface area contributed by atoms with Gasteiger partial charge in [0.2, 0.25) is 0 Å². The molecule has 0 spiro atoms. The molecule has 1 heteroatoms. The fraction of sp³-hybridized carbons (Fsp3) is 0.647. The maximum atomic E-state index is 5.49. The van der Waals surface area contributed by atoms with Crippen molar-refractivity contribution < 1.29 is 4.74 Å². The maximum Gasteiger partial charge on any atom is 0.0844 e. The number of fused-ring (bicyclic) bond motifs is 1. The zero-order valence-electron chi connectivity index (χ0n) is 11.8. The molecule has 0 radical (unpaired) electrons. The van der Waals surface area contributed by atoms with Crippen molar-refractivity contribution in [2.24, 2.45) is 5.92 Å². The minimum atomic E-state index is 0.686. The lowest BCUT2D eigenvalue weighted by Crippen LogP contribution is -2.12. The molecular formula is C17H26O. The van der Waals surface area contributed by atoms with Gasteiger partial charge in [-0.25, -0.2) is 0 Å². The second-order valence-corrected chi connectivity index (χ2v) is 5.69. The van der Waals surface area contributed by atoms with Crippen LogP contribution in [0.3, 0.4) is 0 Å². The number of rotatable bonds is 3. The molecule has 0 N–H and O–H groups in total. The van der Waals surface area contributed by atoms with Crippen LogP contribution in [0, 0.1) is 12.8 Å². The molecule has 18 heavy (non-hydrogen) atoms. The molecule has 2 fully saturated rings. The van der Waals surface area contributed by atoms with Gasteiger partial charge in [0.05, 0.1) is 12.2 Å². The van der Waals surface area contributed by atoms with E-state index >= 15 is 0 Å². The van der Waals surface area contributed by atoms with Crippen LogP contribution < -0.4 is 0 Å². The third-order valence-electron chi connectivity index (χ3n) is 4.02. The van der Waals surface area contributed by atoms with Crippen molar-refractivity contribution in [3.63, 3.8) is 0 Å².